The van der Waals surface area contributed by atoms with Crippen molar-refractivity contribution < 1.29 is 14.6 Å². The van der Waals surface area contributed by atoms with Crippen LogP contribution < -0.4 is 0 Å². The molecule has 0 spiro atoms. The summed E-state index contributed by atoms with van der Waals surface area (Å²) in [5.74, 6) is -0.382. The van der Waals surface area contributed by atoms with Crippen LogP contribution in [0.5, 0.6) is 0 Å². The number of benzene rings is 1. The van der Waals surface area contributed by atoms with E-state index in [9.17, 15) is 4.79 Å². The Morgan fingerprint density at radius 1 is 1.18 bits per heavy atom. The topological polar surface area (TPSA) is 35.5 Å². The van der Waals surface area contributed by atoms with Crippen LogP contribution in [0.25, 0.3) is 0 Å². The van der Waals surface area contributed by atoms with Crippen molar-refractivity contribution in [3.8, 4) is 0 Å². The summed E-state index contributed by atoms with van der Waals surface area (Å²) in [6.45, 7) is 3.80. The Labute approximate surface area is 102 Å². The molecule has 0 radical (unpaired) electrons. The van der Waals surface area contributed by atoms with Gasteiger partial charge in [-0.25, -0.2) is 4.79 Å². The number of carbonyl (C=O) groups is 1. The summed E-state index contributed by atoms with van der Waals surface area (Å²) < 4.78 is 0. The van der Waals surface area contributed by atoms with Crippen LogP contribution in [0.15, 0.2) is 18.2 Å². The van der Waals surface area contributed by atoms with E-state index in [1.165, 1.54) is 0 Å². The van der Waals surface area contributed by atoms with Crippen molar-refractivity contribution in [2.24, 2.45) is 0 Å². The highest BCUT2D eigenvalue weighted by Crippen LogP contribution is 2.22. The highest BCUT2D eigenvalue weighted by molar-refractivity contribution is 5.92. The largest absolute Gasteiger partial charge is 0.373 e. The fraction of sp³-hybridized carbons (Fsp3) is 0.500. The van der Waals surface area contributed by atoms with Gasteiger partial charge in [0.25, 0.3) is 0 Å². The number of hydrogen-bond donors (Lipinski definition) is 0. The highest BCUT2D eigenvalue weighted by atomic mass is 17.2. The van der Waals surface area contributed by atoms with Crippen molar-refractivity contribution in [1.29, 1.82) is 0 Å². The molecule has 1 fully saturated rings. The van der Waals surface area contributed by atoms with Crippen molar-refractivity contribution in [2.45, 2.75) is 45.6 Å². The molecular weight excluding hydrogens is 216 g/mol. The van der Waals surface area contributed by atoms with Gasteiger partial charge in [0.15, 0.2) is 0 Å². The summed E-state index contributed by atoms with van der Waals surface area (Å²) in [6.07, 6.45) is 4.38. The number of rotatable bonds is 3. The van der Waals surface area contributed by atoms with Crippen molar-refractivity contribution >= 4 is 5.97 Å². The second-order valence-electron chi connectivity index (χ2n) is 4.64. The molecule has 1 aromatic rings. The van der Waals surface area contributed by atoms with Gasteiger partial charge < -0.3 is 0 Å². The van der Waals surface area contributed by atoms with E-state index >= 15 is 0 Å². The van der Waals surface area contributed by atoms with Gasteiger partial charge in [-0.2, -0.15) is 4.89 Å². The zero-order valence-corrected chi connectivity index (χ0v) is 10.4. The van der Waals surface area contributed by atoms with Crippen LogP contribution in [-0.2, 0) is 9.78 Å². The maximum absolute atomic E-state index is 11.9. The fourth-order valence-corrected chi connectivity index (χ4v) is 2.27. The molecule has 2 rings (SSSR count). The monoisotopic (exact) mass is 234 g/mol. The Morgan fingerprint density at radius 2 is 1.76 bits per heavy atom. The molecule has 0 heterocycles. The molecule has 0 unspecified atom stereocenters. The normalized spacial score (nSPS) is 16.1. The predicted molar refractivity (Wildman–Crippen MR) is 64.7 cm³/mol. The van der Waals surface area contributed by atoms with Gasteiger partial charge in [-0.1, -0.05) is 31.0 Å². The lowest BCUT2D eigenvalue weighted by molar-refractivity contribution is -0.272. The lowest BCUT2D eigenvalue weighted by Gasteiger charge is -2.11. The third-order valence-electron chi connectivity index (χ3n) is 3.25. The van der Waals surface area contributed by atoms with Crippen molar-refractivity contribution in [3.05, 3.63) is 34.9 Å². The average molecular weight is 234 g/mol. The first-order valence-electron chi connectivity index (χ1n) is 6.12. The average Bonchev–Trinajstić information content (AvgIpc) is 2.79. The lowest BCUT2D eigenvalue weighted by Crippen LogP contribution is -2.15. The second kappa shape index (κ2) is 5.32. The molecule has 0 saturated heterocycles. The minimum atomic E-state index is -0.382. The van der Waals surface area contributed by atoms with Crippen LogP contribution in [0.2, 0.25) is 0 Å². The molecular formula is C14H18O3. The van der Waals surface area contributed by atoms with Gasteiger partial charge in [0.2, 0.25) is 0 Å². The van der Waals surface area contributed by atoms with Crippen molar-refractivity contribution in [3.63, 3.8) is 0 Å². The smallest absolute Gasteiger partial charge is 0.293 e. The molecule has 0 amide bonds. The zero-order valence-electron chi connectivity index (χ0n) is 10.4. The number of carbonyl (C=O) groups excluding carboxylic acids is 1. The highest BCUT2D eigenvalue weighted by Gasteiger charge is 2.20. The minimum Gasteiger partial charge on any atom is -0.293 e. The van der Waals surface area contributed by atoms with Gasteiger partial charge in [-0.3, -0.25) is 4.89 Å². The first-order chi connectivity index (χ1) is 8.18. The summed E-state index contributed by atoms with van der Waals surface area (Å²) in [5, 5.41) is 0. The Kier molecular flexibility index (Phi) is 3.79. The zero-order chi connectivity index (χ0) is 12.3. The molecule has 1 aliphatic carbocycles. The minimum absolute atomic E-state index is 0.0864. The van der Waals surface area contributed by atoms with E-state index in [4.69, 9.17) is 9.78 Å². The summed E-state index contributed by atoms with van der Waals surface area (Å²) in [5.41, 5.74) is 2.46. The first kappa shape index (κ1) is 12.1. The van der Waals surface area contributed by atoms with Crippen molar-refractivity contribution in [2.75, 3.05) is 0 Å². The summed E-state index contributed by atoms with van der Waals surface area (Å²) in [4.78, 5) is 22.0. The SMILES string of the molecule is Cc1cccc(C)c1C(=O)OOC1CCCC1. The maximum Gasteiger partial charge on any atom is 0.373 e. The van der Waals surface area contributed by atoms with Gasteiger partial charge in [0, 0.05) is 0 Å². The number of hydrogen-bond acceptors (Lipinski definition) is 3. The van der Waals surface area contributed by atoms with Crippen LogP contribution in [-0.4, -0.2) is 12.1 Å². The molecule has 3 nitrogen and oxygen atoms in total. The molecule has 17 heavy (non-hydrogen) atoms. The van der Waals surface area contributed by atoms with Crippen LogP contribution in [0, 0.1) is 13.8 Å². The molecule has 1 saturated carbocycles. The van der Waals surface area contributed by atoms with E-state index < -0.39 is 0 Å². The van der Waals surface area contributed by atoms with Gasteiger partial charge >= 0.3 is 5.97 Å². The van der Waals surface area contributed by atoms with Crippen LogP contribution >= 0.6 is 0 Å². The predicted octanol–water partition coefficient (Wildman–Crippen LogP) is 3.33. The quantitative estimate of drug-likeness (QED) is 0.594. The van der Waals surface area contributed by atoms with E-state index in [0.29, 0.717) is 5.56 Å². The van der Waals surface area contributed by atoms with Crippen LogP contribution in [0.4, 0.5) is 0 Å². The van der Waals surface area contributed by atoms with E-state index in [-0.39, 0.29) is 12.1 Å². The summed E-state index contributed by atoms with van der Waals surface area (Å²) in [6, 6.07) is 5.73. The van der Waals surface area contributed by atoms with Gasteiger partial charge in [0.05, 0.1) is 5.56 Å². The molecule has 0 aliphatic heterocycles. The molecule has 92 valence electrons. The standard InChI is InChI=1S/C14H18O3/c1-10-6-5-7-11(2)13(10)14(15)17-16-12-8-3-4-9-12/h5-7,12H,3-4,8-9H2,1-2H3. The molecule has 3 heteroatoms. The third kappa shape index (κ3) is 2.86. The molecule has 0 N–H and O–H groups in total. The summed E-state index contributed by atoms with van der Waals surface area (Å²) in [7, 11) is 0. The Hall–Kier alpha value is -1.35. The van der Waals surface area contributed by atoms with Gasteiger partial charge in [0.1, 0.15) is 6.10 Å². The molecule has 0 atom stereocenters. The number of aryl methyl sites for hydroxylation is 2. The van der Waals surface area contributed by atoms with Crippen LogP contribution in [0.3, 0.4) is 0 Å². The maximum atomic E-state index is 11.9. The molecule has 0 bridgehead atoms. The lowest BCUT2D eigenvalue weighted by atomic mass is 10.0. The molecule has 1 aromatic carbocycles. The second-order valence-corrected chi connectivity index (χ2v) is 4.64. The van der Waals surface area contributed by atoms with E-state index in [1.807, 2.05) is 32.0 Å². The Morgan fingerprint density at radius 3 is 2.35 bits per heavy atom. The van der Waals surface area contributed by atoms with E-state index in [2.05, 4.69) is 0 Å². The van der Waals surface area contributed by atoms with Crippen molar-refractivity contribution in [1.82, 2.24) is 0 Å². The first-order valence-corrected chi connectivity index (χ1v) is 6.12. The van der Waals surface area contributed by atoms with E-state index in [1.54, 1.807) is 0 Å². The van der Waals surface area contributed by atoms with Crippen LogP contribution in [0.1, 0.15) is 47.2 Å². The Bertz CT molecular complexity index is 386. The molecule has 0 aromatic heterocycles. The fourth-order valence-electron chi connectivity index (χ4n) is 2.27. The summed E-state index contributed by atoms with van der Waals surface area (Å²) >= 11 is 0. The third-order valence-corrected chi connectivity index (χ3v) is 3.25. The van der Waals surface area contributed by atoms with Gasteiger partial charge in [-0.15, -0.1) is 0 Å². The van der Waals surface area contributed by atoms with E-state index in [0.717, 1.165) is 36.8 Å². The van der Waals surface area contributed by atoms with Gasteiger partial charge in [-0.05, 0) is 37.8 Å². The Balaban J connectivity index is 1.99. The molecule has 1 aliphatic rings.